The minimum Gasteiger partial charge on any atom is -0.398 e. The van der Waals surface area contributed by atoms with Crippen molar-refractivity contribution in [2.75, 3.05) is 5.73 Å². The molecule has 0 radical (unpaired) electrons. The lowest BCUT2D eigenvalue weighted by Gasteiger charge is -2.05. The maximum Gasteiger partial charge on any atom is 0.0912 e. The summed E-state index contributed by atoms with van der Waals surface area (Å²) in [5.41, 5.74) is 5.25. The smallest absolute Gasteiger partial charge is 0.0912 e. The first-order valence-corrected chi connectivity index (χ1v) is 3.58. The van der Waals surface area contributed by atoms with E-state index in [0.29, 0.717) is 5.56 Å². The molecule has 2 nitrogen and oxygen atoms in total. The van der Waals surface area contributed by atoms with Gasteiger partial charge < -0.3 is 5.73 Å². The molecule has 13 heavy (non-hydrogen) atoms. The Hall–Kier alpha value is -1.75. The third-order valence-corrected chi connectivity index (χ3v) is 1.55. The molecule has 2 N–H and O–H groups in total. The molecule has 0 atom stereocenters. The predicted octanol–water partition coefficient (Wildman–Crippen LogP) is 2.42. The molecule has 1 rings (SSSR count). The molecule has 0 bridgehead atoms. The van der Waals surface area contributed by atoms with Gasteiger partial charge in [-0.3, -0.25) is 0 Å². The quantitative estimate of drug-likeness (QED) is 0.530. The molecular formula is C11H12N2. The third-order valence-electron chi connectivity index (χ3n) is 1.55. The Morgan fingerprint density at radius 1 is 1.46 bits per heavy atom. The summed E-state index contributed by atoms with van der Waals surface area (Å²) in [4.78, 5) is 0. The minimum absolute atomic E-state index is 0.223. The summed E-state index contributed by atoms with van der Waals surface area (Å²) in [5, 5.41) is 8.46. The van der Waals surface area contributed by atoms with Crippen LogP contribution in [0.3, 0.4) is 0 Å². The summed E-state index contributed by atoms with van der Waals surface area (Å²) in [6.45, 7) is -5.03. The lowest BCUT2D eigenvalue weighted by Crippen LogP contribution is -1.93. The van der Waals surface area contributed by atoms with Crippen molar-refractivity contribution < 1.29 is 8.22 Å². The Morgan fingerprint density at radius 3 is 2.54 bits per heavy atom. The van der Waals surface area contributed by atoms with E-state index in [1.165, 1.54) is 18.2 Å². The van der Waals surface area contributed by atoms with Gasteiger partial charge in [-0.1, -0.05) is 0 Å². The average Bonchev–Trinajstić information content (AvgIpc) is 2.24. The highest BCUT2D eigenvalue weighted by Gasteiger charge is 1.98. The molecule has 0 unspecified atom stereocenters. The maximum absolute atomic E-state index is 8.46. The number of benzene rings is 1. The van der Waals surface area contributed by atoms with Crippen LogP contribution >= 0.6 is 0 Å². The number of nitrogen functional groups attached to an aromatic ring is 1. The molecule has 0 fully saturated rings. The zero-order chi connectivity index (χ0) is 14.8. The van der Waals surface area contributed by atoms with Crippen LogP contribution in [0.25, 0.3) is 6.08 Å². The van der Waals surface area contributed by atoms with Crippen LogP contribution in [0.4, 0.5) is 5.69 Å². The molecule has 0 spiro atoms. The van der Waals surface area contributed by atoms with Gasteiger partial charge in [-0.2, -0.15) is 5.26 Å². The van der Waals surface area contributed by atoms with Gasteiger partial charge in [0.15, 0.2) is 0 Å². The Morgan fingerprint density at radius 2 is 2.08 bits per heavy atom. The first-order valence-electron chi connectivity index (χ1n) is 6.58. The van der Waals surface area contributed by atoms with E-state index in [4.69, 9.17) is 19.2 Å². The van der Waals surface area contributed by atoms with Gasteiger partial charge in [-0.05, 0) is 48.6 Å². The largest absolute Gasteiger partial charge is 0.398 e. The number of rotatable bonds is 1. The average molecular weight is 178 g/mol. The predicted molar refractivity (Wildman–Crippen MR) is 55.0 cm³/mol. The van der Waals surface area contributed by atoms with Crippen molar-refractivity contribution in [3.8, 4) is 6.07 Å². The number of hydrogen-bond acceptors (Lipinski definition) is 2. The van der Waals surface area contributed by atoms with Crippen molar-refractivity contribution in [2.45, 2.75) is 13.7 Å². The van der Waals surface area contributed by atoms with Gasteiger partial charge in [-0.25, -0.2) is 0 Å². The normalized spacial score (nSPS) is 19.0. The molecule has 0 aliphatic heterocycles. The Kier molecular flexibility index (Phi) is 1.15. The topological polar surface area (TPSA) is 49.8 Å². The molecule has 0 amide bonds. The highest BCUT2D eigenvalue weighted by Crippen LogP contribution is 2.19. The van der Waals surface area contributed by atoms with Crippen LogP contribution in [0, 0.1) is 25.0 Å². The van der Waals surface area contributed by atoms with Gasteiger partial charge in [-0.15, -0.1) is 0 Å². The molecule has 1 aromatic carbocycles. The summed E-state index contributed by atoms with van der Waals surface area (Å²) < 4.78 is 44.2. The molecule has 0 aliphatic rings. The molecule has 0 aliphatic carbocycles. The van der Waals surface area contributed by atoms with Gasteiger partial charge in [0.1, 0.15) is 0 Å². The fourth-order valence-electron chi connectivity index (χ4n) is 0.905. The van der Waals surface area contributed by atoms with Gasteiger partial charge in [0, 0.05) is 20.0 Å². The lowest BCUT2D eigenvalue weighted by atomic mass is 10.0. The van der Waals surface area contributed by atoms with Crippen LogP contribution in [-0.4, -0.2) is 0 Å². The van der Waals surface area contributed by atoms with E-state index in [9.17, 15) is 0 Å². The molecular weight excluding hydrogens is 160 g/mol. The zero-order valence-electron chi connectivity index (χ0n) is 12.8. The van der Waals surface area contributed by atoms with E-state index in [2.05, 4.69) is 0 Å². The fraction of sp³-hybridized carbons (Fsp3) is 0.182. The third kappa shape index (κ3) is 2.09. The van der Waals surface area contributed by atoms with Crippen LogP contribution in [0.1, 0.15) is 24.9 Å². The standard InChI is InChI=1S/C11H12N2/c1-8-6-10(4-3-5-12)7-9(2)11(8)13/h3-4,6-7H,13H2,1-2H3/b4-3+/i1D3,2D3. The number of nitrogens with two attached hydrogens (primary N) is 1. The maximum atomic E-state index is 8.46. The van der Waals surface area contributed by atoms with Crippen molar-refractivity contribution in [1.82, 2.24) is 0 Å². The summed E-state index contributed by atoms with van der Waals surface area (Å²) in [6.07, 6.45) is 2.47. The van der Waals surface area contributed by atoms with Crippen LogP contribution < -0.4 is 5.73 Å². The summed E-state index contributed by atoms with van der Waals surface area (Å²) in [5.74, 6) is 0. The summed E-state index contributed by atoms with van der Waals surface area (Å²) >= 11 is 0. The van der Waals surface area contributed by atoms with E-state index < -0.39 is 13.7 Å². The van der Waals surface area contributed by atoms with E-state index in [-0.39, 0.29) is 16.8 Å². The molecule has 0 aromatic heterocycles. The van der Waals surface area contributed by atoms with E-state index >= 15 is 0 Å². The number of hydrogen-bond donors (Lipinski definition) is 1. The summed E-state index contributed by atoms with van der Waals surface area (Å²) in [6, 6.07) is 4.29. The Bertz CT molecular complexity index is 513. The second-order valence-corrected chi connectivity index (χ2v) is 2.49. The summed E-state index contributed by atoms with van der Waals surface area (Å²) in [7, 11) is 0. The zero-order valence-corrected chi connectivity index (χ0v) is 6.83. The number of nitriles is 1. The lowest BCUT2D eigenvalue weighted by molar-refractivity contribution is 1.38. The van der Waals surface area contributed by atoms with Crippen molar-refractivity contribution in [2.24, 2.45) is 0 Å². The van der Waals surface area contributed by atoms with Crippen LogP contribution in [0.2, 0.25) is 0 Å². The highest BCUT2D eigenvalue weighted by atomic mass is 14.6. The highest BCUT2D eigenvalue weighted by molar-refractivity contribution is 5.62. The van der Waals surface area contributed by atoms with Crippen LogP contribution in [0.5, 0.6) is 0 Å². The minimum atomic E-state index is -2.51. The van der Waals surface area contributed by atoms with E-state index in [0.717, 1.165) is 6.08 Å². The monoisotopic (exact) mass is 178 g/mol. The van der Waals surface area contributed by atoms with Gasteiger partial charge in [0.05, 0.1) is 6.07 Å². The number of allylic oxidation sites excluding steroid dienone is 1. The molecule has 0 saturated carbocycles. The number of aryl methyl sites for hydroxylation is 2. The fourth-order valence-corrected chi connectivity index (χ4v) is 0.905. The number of nitrogens with zero attached hydrogens (tertiary/aromatic N) is 1. The van der Waals surface area contributed by atoms with Crippen molar-refractivity contribution in [1.29, 1.82) is 5.26 Å². The van der Waals surface area contributed by atoms with E-state index in [1.54, 1.807) is 6.07 Å². The molecule has 66 valence electrons. The molecule has 0 heterocycles. The first-order chi connectivity index (χ1) is 8.57. The van der Waals surface area contributed by atoms with E-state index in [1.807, 2.05) is 0 Å². The SMILES string of the molecule is [2H]C([2H])([2H])c1cc(/C=C/C#N)cc(C([2H])([2H])[2H])c1N. The number of anilines is 1. The molecule has 2 heteroatoms. The van der Waals surface area contributed by atoms with Crippen LogP contribution in [0.15, 0.2) is 18.2 Å². The second-order valence-electron chi connectivity index (χ2n) is 2.49. The van der Waals surface area contributed by atoms with Crippen LogP contribution in [-0.2, 0) is 0 Å². The molecule has 0 saturated heterocycles. The molecule has 1 aromatic rings. The van der Waals surface area contributed by atoms with Crippen molar-refractivity contribution >= 4 is 11.8 Å². The van der Waals surface area contributed by atoms with Crippen molar-refractivity contribution in [3.05, 3.63) is 34.9 Å². The van der Waals surface area contributed by atoms with Gasteiger partial charge >= 0.3 is 0 Å². The van der Waals surface area contributed by atoms with Gasteiger partial charge in [0.25, 0.3) is 0 Å². The Balaban J connectivity index is 3.58. The second kappa shape index (κ2) is 3.77. The first kappa shape index (κ1) is 3.97. The van der Waals surface area contributed by atoms with Crippen molar-refractivity contribution in [3.63, 3.8) is 0 Å². The van der Waals surface area contributed by atoms with Gasteiger partial charge in [0.2, 0.25) is 0 Å². The Labute approximate surface area is 86.7 Å².